The SMILES string of the molecule is CCCCC/C=C\C=CC(NC(=O)C1CCCN1C(=O)CN)C(=O)S. The van der Waals surface area contributed by atoms with Crippen LogP contribution >= 0.6 is 12.6 Å². The van der Waals surface area contributed by atoms with Gasteiger partial charge >= 0.3 is 0 Å². The van der Waals surface area contributed by atoms with Crippen molar-refractivity contribution in [1.29, 1.82) is 0 Å². The number of rotatable bonds is 10. The predicted molar refractivity (Wildman–Crippen MR) is 102 cm³/mol. The highest BCUT2D eigenvalue weighted by atomic mass is 32.1. The van der Waals surface area contributed by atoms with Gasteiger partial charge in [0.1, 0.15) is 12.1 Å². The Bertz CT molecular complexity index is 520. The number of hydrogen-bond donors (Lipinski definition) is 3. The molecule has 3 N–H and O–H groups in total. The van der Waals surface area contributed by atoms with Gasteiger partial charge in [-0.25, -0.2) is 0 Å². The second-order valence-electron chi connectivity index (χ2n) is 6.08. The summed E-state index contributed by atoms with van der Waals surface area (Å²) in [6.07, 6.45) is 13.1. The van der Waals surface area contributed by atoms with Crippen LogP contribution < -0.4 is 11.1 Å². The van der Waals surface area contributed by atoms with E-state index in [9.17, 15) is 14.4 Å². The summed E-state index contributed by atoms with van der Waals surface area (Å²) in [7, 11) is 0. The minimum Gasteiger partial charge on any atom is -0.340 e. The molecule has 2 unspecified atom stereocenters. The molecule has 0 saturated carbocycles. The Kier molecular flexibility index (Phi) is 10.2. The lowest BCUT2D eigenvalue weighted by molar-refractivity contribution is -0.137. The second-order valence-corrected chi connectivity index (χ2v) is 6.52. The summed E-state index contributed by atoms with van der Waals surface area (Å²) in [6.45, 7) is 2.55. The van der Waals surface area contributed by atoms with Crippen LogP contribution in [0.4, 0.5) is 0 Å². The second kappa shape index (κ2) is 11.9. The van der Waals surface area contributed by atoms with Crippen LogP contribution in [-0.4, -0.2) is 47.0 Å². The first-order chi connectivity index (χ1) is 12.0. The first-order valence-corrected chi connectivity index (χ1v) is 9.32. The third-order valence-electron chi connectivity index (χ3n) is 4.14. The number of carbonyl (C=O) groups is 3. The number of nitrogens with one attached hydrogen (secondary N) is 1. The first-order valence-electron chi connectivity index (χ1n) is 8.87. The average molecular weight is 368 g/mol. The first kappa shape index (κ1) is 21.4. The zero-order valence-electron chi connectivity index (χ0n) is 14.8. The van der Waals surface area contributed by atoms with Crippen LogP contribution in [0.15, 0.2) is 24.3 Å². The maximum Gasteiger partial charge on any atom is 0.243 e. The Balaban J connectivity index is 2.57. The van der Waals surface area contributed by atoms with Gasteiger partial charge in [-0.2, -0.15) is 0 Å². The van der Waals surface area contributed by atoms with Crippen LogP contribution in [-0.2, 0) is 14.4 Å². The Hall–Kier alpha value is -1.60. The van der Waals surface area contributed by atoms with Crippen molar-refractivity contribution in [3.8, 4) is 0 Å². The number of likely N-dealkylation sites (tertiary alicyclic amines) is 1. The van der Waals surface area contributed by atoms with Crippen molar-refractivity contribution in [3.05, 3.63) is 24.3 Å². The normalized spacial score (nSPS) is 18.8. The van der Waals surface area contributed by atoms with Gasteiger partial charge in [0.2, 0.25) is 16.9 Å². The zero-order chi connectivity index (χ0) is 18.7. The number of nitrogens with two attached hydrogens (primary N) is 1. The van der Waals surface area contributed by atoms with E-state index < -0.39 is 17.2 Å². The standard InChI is InChI=1S/C18H29N3O3S/c1-2-3-4-5-6-7-8-10-14(18(24)25)20-17(23)15-11-9-12-21(15)16(22)13-19/h6-8,10,14-15H,2-5,9,11-13,19H2,1H3,(H,20,23)(H,24,25)/b7-6-,10-8?. The monoisotopic (exact) mass is 367 g/mol. The van der Waals surface area contributed by atoms with Gasteiger partial charge in [-0.3, -0.25) is 14.4 Å². The van der Waals surface area contributed by atoms with Gasteiger partial charge in [0.25, 0.3) is 0 Å². The van der Waals surface area contributed by atoms with Crippen LogP contribution in [0.1, 0.15) is 45.4 Å². The van der Waals surface area contributed by atoms with E-state index in [1.165, 1.54) is 17.7 Å². The lowest BCUT2D eigenvalue weighted by atomic mass is 10.1. The molecule has 0 aromatic rings. The van der Waals surface area contributed by atoms with E-state index in [1.807, 2.05) is 12.2 Å². The fourth-order valence-corrected chi connectivity index (χ4v) is 2.91. The molecule has 25 heavy (non-hydrogen) atoms. The van der Waals surface area contributed by atoms with Crippen molar-refractivity contribution < 1.29 is 14.4 Å². The molecule has 6 nitrogen and oxygen atoms in total. The molecule has 2 amide bonds. The Morgan fingerprint density at radius 3 is 2.72 bits per heavy atom. The number of hydrogen-bond acceptors (Lipinski definition) is 4. The molecule has 2 atom stereocenters. The molecular formula is C18H29N3O3S. The maximum atomic E-state index is 12.4. The summed E-state index contributed by atoms with van der Waals surface area (Å²) in [5.41, 5.74) is 5.38. The number of amides is 2. The van der Waals surface area contributed by atoms with Crippen molar-refractivity contribution in [2.24, 2.45) is 5.73 Å². The topological polar surface area (TPSA) is 92.5 Å². The van der Waals surface area contributed by atoms with Crippen molar-refractivity contribution in [2.75, 3.05) is 13.1 Å². The van der Waals surface area contributed by atoms with Gasteiger partial charge in [0.15, 0.2) is 0 Å². The van der Waals surface area contributed by atoms with E-state index in [2.05, 4.69) is 24.9 Å². The van der Waals surface area contributed by atoms with Gasteiger partial charge in [0.05, 0.1) is 6.54 Å². The number of unbranched alkanes of at least 4 members (excludes halogenated alkanes) is 3. The summed E-state index contributed by atoms with van der Waals surface area (Å²) in [6, 6.07) is -1.38. The average Bonchev–Trinajstić information content (AvgIpc) is 3.08. The van der Waals surface area contributed by atoms with Crippen LogP contribution in [0.5, 0.6) is 0 Å². The largest absolute Gasteiger partial charge is 0.340 e. The molecule has 1 rings (SSSR count). The smallest absolute Gasteiger partial charge is 0.243 e. The van der Waals surface area contributed by atoms with Crippen LogP contribution in [0.3, 0.4) is 0 Å². The minimum absolute atomic E-state index is 0.124. The molecule has 1 aliphatic rings. The quantitative estimate of drug-likeness (QED) is 0.310. The van der Waals surface area contributed by atoms with Gasteiger partial charge in [-0.1, -0.05) is 44.1 Å². The molecule has 0 aromatic heterocycles. The Labute approximate surface area is 155 Å². The lowest BCUT2D eigenvalue weighted by Crippen LogP contribution is -2.50. The van der Waals surface area contributed by atoms with E-state index in [0.717, 1.165) is 19.3 Å². The van der Waals surface area contributed by atoms with Crippen molar-refractivity contribution >= 4 is 29.6 Å². The van der Waals surface area contributed by atoms with E-state index in [-0.39, 0.29) is 18.4 Å². The molecule has 0 bridgehead atoms. The van der Waals surface area contributed by atoms with E-state index in [1.54, 1.807) is 12.2 Å². The fraction of sp³-hybridized carbons (Fsp3) is 0.611. The minimum atomic E-state index is -0.813. The molecular weight excluding hydrogens is 338 g/mol. The highest BCUT2D eigenvalue weighted by Gasteiger charge is 2.34. The van der Waals surface area contributed by atoms with Crippen LogP contribution in [0.2, 0.25) is 0 Å². The lowest BCUT2D eigenvalue weighted by Gasteiger charge is -2.24. The molecule has 1 aliphatic heterocycles. The molecule has 0 radical (unpaired) electrons. The molecule has 0 aromatic carbocycles. The highest BCUT2D eigenvalue weighted by molar-refractivity contribution is 7.96. The van der Waals surface area contributed by atoms with Gasteiger partial charge in [-0.15, -0.1) is 12.6 Å². The number of allylic oxidation sites excluding steroid dienone is 3. The summed E-state index contributed by atoms with van der Waals surface area (Å²) in [5, 5.41) is 2.21. The molecule has 1 saturated heterocycles. The molecule has 1 fully saturated rings. The van der Waals surface area contributed by atoms with Crippen molar-refractivity contribution in [3.63, 3.8) is 0 Å². The Morgan fingerprint density at radius 2 is 2.08 bits per heavy atom. The summed E-state index contributed by atoms with van der Waals surface area (Å²) < 4.78 is 0. The van der Waals surface area contributed by atoms with E-state index in [4.69, 9.17) is 5.73 Å². The molecule has 0 spiro atoms. The van der Waals surface area contributed by atoms with Crippen molar-refractivity contribution in [1.82, 2.24) is 10.2 Å². The fourth-order valence-electron chi connectivity index (χ4n) is 2.76. The van der Waals surface area contributed by atoms with Crippen molar-refractivity contribution in [2.45, 2.75) is 57.5 Å². The number of thiol groups is 1. The summed E-state index contributed by atoms with van der Waals surface area (Å²) in [4.78, 5) is 37.3. The zero-order valence-corrected chi connectivity index (χ0v) is 15.7. The third-order valence-corrected chi connectivity index (χ3v) is 4.42. The number of carbonyl (C=O) groups excluding carboxylic acids is 3. The highest BCUT2D eigenvalue weighted by Crippen LogP contribution is 2.17. The Morgan fingerprint density at radius 1 is 1.32 bits per heavy atom. The van der Waals surface area contributed by atoms with E-state index >= 15 is 0 Å². The number of nitrogens with zero attached hydrogens (tertiary/aromatic N) is 1. The molecule has 140 valence electrons. The predicted octanol–water partition coefficient (Wildman–Crippen LogP) is 1.57. The molecule has 1 heterocycles. The van der Waals surface area contributed by atoms with Crippen LogP contribution in [0, 0.1) is 0 Å². The molecule has 7 heteroatoms. The van der Waals surface area contributed by atoms with Crippen LogP contribution in [0.25, 0.3) is 0 Å². The maximum absolute atomic E-state index is 12.4. The molecule has 0 aliphatic carbocycles. The van der Waals surface area contributed by atoms with Gasteiger partial charge in [-0.05, 0) is 25.7 Å². The van der Waals surface area contributed by atoms with Gasteiger partial charge < -0.3 is 16.0 Å². The van der Waals surface area contributed by atoms with Gasteiger partial charge in [0, 0.05) is 6.54 Å². The third kappa shape index (κ3) is 7.44. The summed E-state index contributed by atoms with van der Waals surface area (Å²) in [5.74, 6) is -0.597. The van der Waals surface area contributed by atoms with E-state index in [0.29, 0.717) is 13.0 Å². The summed E-state index contributed by atoms with van der Waals surface area (Å²) >= 11 is 3.83.